The molecule has 2 unspecified atom stereocenters. The smallest absolute Gasteiger partial charge is 0.191 e. The third-order valence-corrected chi connectivity index (χ3v) is 3.46. The predicted molar refractivity (Wildman–Crippen MR) is 81.3 cm³/mol. The van der Waals surface area contributed by atoms with Gasteiger partial charge in [0.2, 0.25) is 0 Å². The van der Waals surface area contributed by atoms with E-state index in [4.69, 9.17) is 19.3 Å². The van der Waals surface area contributed by atoms with Crippen molar-refractivity contribution >= 4 is 8.38 Å². The Morgan fingerprint density at radius 2 is 1.90 bits per heavy atom. The molecule has 1 aliphatic heterocycles. The van der Waals surface area contributed by atoms with Gasteiger partial charge in [-0.25, -0.2) is 0 Å². The van der Waals surface area contributed by atoms with Gasteiger partial charge in [-0.3, -0.25) is 0 Å². The first-order chi connectivity index (χ1) is 9.70. The lowest BCUT2D eigenvalue weighted by Crippen LogP contribution is -2.20. The number of hydrogen-bond acceptors (Lipinski definition) is 4. The largest absolute Gasteiger partial charge is 0.378 e. The number of methoxy groups -OCH3 is 1. The van der Waals surface area contributed by atoms with Crippen molar-refractivity contribution < 1.29 is 19.3 Å². The highest BCUT2D eigenvalue weighted by Gasteiger charge is 2.34. The summed E-state index contributed by atoms with van der Waals surface area (Å²) < 4.78 is 11.3. The van der Waals surface area contributed by atoms with Gasteiger partial charge in [-0.15, -0.1) is 0 Å². The second-order valence-electron chi connectivity index (χ2n) is 4.17. The van der Waals surface area contributed by atoms with Gasteiger partial charge in [-0.2, -0.15) is 0 Å². The zero-order chi connectivity index (χ0) is 15.0. The van der Waals surface area contributed by atoms with E-state index in [2.05, 4.69) is 0 Å². The molecule has 5 heteroatoms. The lowest BCUT2D eigenvalue weighted by atomic mass is 10.0. The molecule has 0 spiro atoms. The molecule has 2 rings (SSSR count). The minimum Gasteiger partial charge on any atom is -0.378 e. The van der Waals surface area contributed by atoms with Gasteiger partial charge in [-0.1, -0.05) is 44.2 Å². The molecule has 112 valence electrons. The molecule has 1 aromatic carbocycles. The highest BCUT2D eigenvalue weighted by molar-refractivity contribution is 7.48. The summed E-state index contributed by atoms with van der Waals surface area (Å²) in [6.07, 6.45) is 2.15. The van der Waals surface area contributed by atoms with Crippen LogP contribution in [0.4, 0.5) is 0 Å². The summed E-state index contributed by atoms with van der Waals surface area (Å²) >= 11 is 0. The first kappa shape index (κ1) is 17.3. The van der Waals surface area contributed by atoms with Gasteiger partial charge < -0.3 is 19.3 Å². The van der Waals surface area contributed by atoms with Gasteiger partial charge in [0.05, 0.1) is 12.2 Å². The van der Waals surface area contributed by atoms with E-state index in [9.17, 15) is 0 Å². The zero-order valence-electron chi connectivity index (χ0n) is 12.1. The molecule has 3 atom stereocenters. The van der Waals surface area contributed by atoms with Gasteiger partial charge in [0.25, 0.3) is 0 Å². The van der Waals surface area contributed by atoms with Crippen LogP contribution in [-0.2, 0) is 9.47 Å². The van der Waals surface area contributed by atoms with Crippen molar-refractivity contribution in [2.45, 2.75) is 38.6 Å². The van der Waals surface area contributed by atoms with Crippen LogP contribution in [0.15, 0.2) is 42.2 Å². The molecule has 1 saturated heterocycles. The Kier molecular flexibility index (Phi) is 7.97. The molecule has 2 N–H and O–H groups in total. The zero-order valence-corrected chi connectivity index (χ0v) is 13.0. The normalized spacial score (nSPS) is 25.8. The van der Waals surface area contributed by atoms with Gasteiger partial charge in [-0.05, 0) is 17.5 Å². The van der Waals surface area contributed by atoms with Crippen molar-refractivity contribution in [2.75, 3.05) is 7.11 Å². The molecule has 4 nitrogen and oxygen atoms in total. The second-order valence-corrected chi connectivity index (χ2v) is 5.11. The Bertz CT molecular complexity index is 394. The van der Waals surface area contributed by atoms with Gasteiger partial charge in [0.1, 0.15) is 6.10 Å². The topological polar surface area (TPSA) is 58.9 Å². The van der Waals surface area contributed by atoms with Crippen molar-refractivity contribution in [2.24, 2.45) is 0 Å². The maximum absolute atomic E-state index is 8.89. The number of benzene rings is 1. The number of rotatable bonds is 4. The van der Waals surface area contributed by atoms with E-state index in [0.29, 0.717) is 0 Å². The van der Waals surface area contributed by atoms with E-state index < -0.39 is 8.38 Å². The Morgan fingerprint density at radius 3 is 2.45 bits per heavy atom. The third-order valence-electron chi connectivity index (χ3n) is 3.02. The summed E-state index contributed by atoms with van der Waals surface area (Å²) in [5.41, 5.74) is 1.12. The summed E-state index contributed by atoms with van der Waals surface area (Å²) in [4.78, 5) is 17.8. The quantitative estimate of drug-likeness (QED) is 0.837. The van der Waals surface area contributed by atoms with Crippen LogP contribution in [-0.4, -0.2) is 29.1 Å². The molecule has 0 bridgehead atoms. The molecule has 0 radical (unpaired) electrons. The van der Waals surface area contributed by atoms with E-state index in [1.165, 1.54) is 5.82 Å². The maximum atomic E-state index is 8.89. The maximum Gasteiger partial charge on any atom is 0.191 e. The summed E-state index contributed by atoms with van der Waals surface area (Å²) in [6.45, 7) is 4.00. The fourth-order valence-corrected chi connectivity index (χ4v) is 2.45. The van der Waals surface area contributed by atoms with E-state index >= 15 is 0 Å². The van der Waals surface area contributed by atoms with Gasteiger partial charge >= 0.3 is 0 Å². The lowest BCUT2D eigenvalue weighted by Gasteiger charge is -2.13. The van der Waals surface area contributed by atoms with Crippen LogP contribution in [0.2, 0.25) is 0 Å². The molecule has 0 saturated carbocycles. The van der Waals surface area contributed by atoms with Crippen molar-refractivity contribution in [1.29, 1.82) is 0 Å². The molecular formula is C15H23O4P. The highest BCUT2D eigenvalue weighted by atomic mass is 31.2. The van der Waals surface area contributed by atoms with E-state index in [1.54, 1.807) is 13.2 Å². The molecule has 1 heterocycles. The first-order valence-electron chi connectivity index (χ1n) is 6.79. The predicted octanol–water partition coefficient (Wildman–Crippen LogP) is 3.37. The number of ether oxygens (including phenoxy) is 2. The molecule has 20 heavy (non-hydrogen) atoms. The number of hydrogen-bond donors (Lipinski definition) is 2. The highest BCUT2D eigenvalue weighted by Crippen LogP contribution is 2.36. The van der Waals surface area contributed by atoms with Crippen molar-refractivity contribution in [3.05, 3.63) is 47.8 Å². The van der Waals surface area contributed by atoms with E-state index in [-0.39, 0.29) is 18.3 Å². The fourth-order valence-electron chi connectivity index (χ4n) is 2.12. The Morgan fingerprint density at radius 1 is 1.25 bits per heavy atom. The van der Waals surface area contributed by atoms with Crippen molar-refractivity contribution in [3.8, 4) is 0 Å². The van der Waals surface area contributed by atoms with Crippen LogP contribution in [0.3, 0.4) is 0 Å². The molecule has 1 aliphatic rings. The van der Waals surface area contributed by atoms with Gasteiger partial charge in [0.15, 0.2) is 8.38 Å². The summed E-state index contributed by atoms with van der Waals surface area (Å²) in [6, 6.07) is 9.96. The standard InChI is InChI=1S/C13H17O4P.C2H6/c1-16-13-9-12(10-5-3-2-4-6-10)17-11(13)7-8-18(14)15;1-2/h2-8,11-15H,9H2,1H3;1-2H3/b8-7+;/t11?,12?,13-;/m0./s1. The van der Waals surface area contributed by atoms with Crippen LogP contribution in [0.5, 0.6) is 0 Å². The summed E-state index contributed by atoms with van der Waals surface area (Å²) in [5.74, 6) is 1.36. The SMILES string of the molecule is CC.CO[C@H]1CC(c2ccccc2)OC1/C=C/P(O)O. The average Bonchev–Trinajstić information content (AvgIpc) is 2.91. The van der Waals surface area contributed by atoms with Crippen LogP contribution < -0.4 is 0 Å². The molecule has 1 aromatic rings. The molecule has 0 amide bonds. The van der Waals surface area contributed by atoms with Crippen molar-refractivity contribution in [1.82, 2.24) is 0 Å². The van der Waals surface area contributed by atoms with Crippen LogP contribution >= 0.6 is 8.38 Å². The Hall–Kier alpha value is -0.770. The van der Waals surface area contributed by atoms with Crippen molar-refractivity contribution in [3.63, 3.8) is 0 Å². The lowest BCUT2D eigenvalue weighted by molar-refractivity contribution is 0.0220. The minimum absolute atomic E-state index is 0.00517. The second kappa shape index (κ2) is 9.22. The minimum atomic E-state index is -2.03. The fraction of sp³-hybridized carbons (Fsp3) is 0.467. The monoisotopic (exact) mass is 298 g/mol. The molecular weight excluding hydrogens is 275 g/mol. The first-order valence-corrected chi connectivity index (χ1v) is 8.11. The summed E-state index contributed by atoms with van der Waals surface area (Å²) in [7, 11) is -0.384. The third kappa shape index (κ3) is 4.97. The Labute approximate surface area is 122 Å². The van der Waals surface area contributed by atoms with Crippen LogP contribution in [0.1, 0.15) is 31.9 Å². The van der Waals surface area contributed by atoms with E-state index in [0.717, 1.165) is 12.0 Å². The van der Waals surface area contributed by atoms with E-state index in [1.807, 2.05) is 44.2 Å². The molecule has 0 aliphatic carbocycles. The van der Waals surface area contributed by atoms with Crippen LogP contribution in [0, 0.1) is 0 Å². The molecule has 1 fully saturated rings. The average molecular weight is 298 g/mol. The Balaban J connectivity index is 0.000000956. The van der Waals surface area contributed by atoms with Gasteiger partial charge in [0, 0.05) is 13.5 Å². The van der Waals surface area contributed by atoms with Crippen LogP contribution in [0.25, 0.3) is 0 Å². The summed E-state index contributed by atoms with van der Waals surface area (Å²) in [5, 5.41) is 0. The molecule has 0 aromatic heterocycles.